The molecule has 0 amide bonds. The Morgan fingerprint density at radius 3 is 2.86 bits per heavy atom. The molecule has 2 aliphatic heterocycles. The van der Waals surface area contributed by atoms with E-state index in [4.69, 9.17) is 14.2 Å². The molecule has 1 aromatic carbocycles. The van der Waals surface area contributed by atoms with Crippen LogP contribution in [0, 0.1) is 5.92 Å². The van der Waals surface area contributed by atoms with Gasteiger partial charge in [-0.2, -0.15) is 0 Å². The summed E-state index contributed by atoms with van der Waals surface area (Å²) in [6.45, 7) is 6.48. The first-order valence-electron chi connectivity index (χ1n) is 8.07. The van der Waals surface area contributed by atoms with Crippen LogP contribution in [0.25, 0.3) is 0 Å². The van der Waals surface area contributed by atoms with E-state index in [2.05, 4.69) is 24.4 Å². The number of hydrogen-bond donors (Lipinski definition) is 1. The van der Waals surface area contributed by atoms with E-state index in [1.165, 1.54) is 12.0 Å². The van der Waals surface area contributed by atoms with Gasteiger partial charge in [-0.15, -0.1) is 0 Å². The van der Waals surface area contributed by atoms with Gasteiger partial charge in [0.2, 0.25) is 0 Å². The van der Waals surface area contributed by atoms with Crippen LogP contribution < -0.4 is 14.8 Å². The maximum Gasteiger partial charge on any atom is 0.161 e. The highest BCUT2D eigenvalue weighted by Gasteiger charge is 2.25. The van der Waals surface area contributed by atoms with E-state index in [-0.39, 0.29) is 0 Å². The third kappa shape index (κ3) is 3.69. The van der Waals surface area contributed by atoms with E-state index in [0.717, 1.165) is 57.3 Å². The summed E-state index contributed by atoms with van der Waals surface area (Å²) in [6.07, 6.45) is 3.66. The van der Waals surface area contributed by atoms with Crippen molar-refractivity contribution in [1.29, 1.82) is 0 Å². The fourth-order valence-electron chi connectivity index (χ4n) is 3.10. The number of ether oxygens (including phenoxy) is 3. The van der Waals surface area contributed by atoms with Crippen molar-refractivity contribution in [3.8, 4) is 11.5 Å². The molecule has 2 aliphatic rings. The van der Waals surface area contributed by atoms with Crippen LogP contribution in [-0.4, -0.2) is 32.5 Å². The minimum absolute atomic E-state index is 0.432. The topological polar surface area (TPSA) is 39.7 Å². The van der Waals surface area contributed by atoms with Crippen LogP contribution in [0.2, 0.25) is 0 Å². The van der Waals surface area contributed by atoms with E-state index in [1.807, 2.05) is 6.07 Å². The van der Waals surface area contributed by atoms with Gasteiger partial charge in [-0.05, 0) is 36.5 Å². The Bertz CT molecular complexity index is 463. The second-order valence-corrected chi connectivity index (χ2v) is 5.83. The van der Waals surface area contributed by atoms with Gasteiger partial charge in [0.15, 0.2) is 11.5 Å². The quantitative estimate of drug-likeness (QED) is 0.905. The van der Waals surface area contributed by atoms with Gasteiger partial charge in [0.1, 0.15) is 0 Å². The maximum absolute atomic E-state index is 5.73. The molecule has 1 aromatic rings. The minimum Gasteiger partial charge on any atom is -0.490 e. The standard InChI is InChI=1S/C17H25NO3/c1-2-15-14(6-9-21-15)12-18-11-13-4-5-16-17(10-13)20-8-3-7-19-16/h4-5,10,14-15,18H,2-3,6-9,11-12H2,1H3. The zero-order valence-corrected chi connectivity index (χ0v) is 12.8. The van der Waals surface area contributed by atoms with Crippen LogP contribution >= 0.6 is 0 Å². The molecule has 0 spiro atoms. The zero-order chi connectivity index (χ0) is 14.5. The molecular formula is C17H25NO3. The summed E-state index contributed by atoms with van der Waals surface area (Å²) >= 11 is 0. The van der Waals surface area contributed by atoms with Crippen molar-refractivity contribution in [2.24, 2.45) is 5.92 Å². The molecule has 0 bridgehead atoms. The van der Waals surface area contributed by atoms with Gasteiger partial charge in [-0.1, -0.05) is 13.0 Å². The summed E-state index contributed by atoms with van der Waals surface area (Å²) in [5.41, 5.74) is 1.24. The van der Waals surface area contributed by atoms with Crippen LogP contribution in [0.1, 0.15) is 31.7 Å². The molecule has 1 fully saturated rings. The van der Waals surface area contributed by atoms with E-state index in [0.29, 0.717) is 12.0 Å². The molecule has 0 radical (unpaired) electrons. The molecular weight excluding hydrogens is 266 g/mol. The van der Waals surface area contributed by atoms with Crippen molar-refractivity contribution in [3.05, 3.63) is 23.8 Å². The molecule has 2 atom stereocenters. The summed E-state index contributed by atoms with van der Waals surface area (Å²) in [5.74, 6) is 2.39. The molecule has 0 saturated carbocycles. The molecule has 0 aliphatic carbocycles. The number of hydrogen-bond acceptors (Lipinski definition) is 4. The Balaban J connectivity index is 1.52. The lowest BCUT2D eigenvalue weighted by molar-refractivity contribution is 0.0872. The summed E-state index contributed by atoms with van der Waals surface area (Å²) < 4.78 is 17.1. The highest BCUT2D eigenvalue weighted by Crippen LogP contribution is 2.30. The molecule has 3 rings (SSSR count). The van der Waals surface area contributed by atoms with Gasteiger partial charge in [0.05, 0.1) is 19.3 Å². The van der Waals surface area contributed by atoms with Crippen molar-refractivity contribution in [2.75, 3.05) is 26.4 Å². The average Bonchev–Trinajstić information content (AvgIpc) is 2.83. The Morgan fingerprint density at radius 1 is 1.14 bits per heavy atom. The molecule has 0 aromatic heterocycles. The number of benzene rings is 1. The van der Waals surface area contributed by atoms with E-state index >= 15 is 0 Å². The third-order valence-electron chi connectivity index (χ3n) is 4.30. The van der Waals surface area contributed by atoms with Crippen LogP contribution in [0.4, 0.5) is 0 Å². The molecule has 4 heteroatoms. The summed E-state index contributed by atoms with van der Waals surface area (Å²) in [7, 11) is 0. The predicted molar refractivity (Wildman–Crippen MR) is 81.9 cm³/mol. The van der Waals surface area contributed by atoms with Crippen LogP contribution in [0.3, 0.4) is 0 Å². The highest BCUT2D eigenvalue weighted by molar-refractivity contribution is 5.43. The second kappa shape index (κ2) is 7.14. The maximum atomic E-state index is 5.73. The molecule has 1 N–H and O–H groups in total. The van der Waals surface area contributed by atoms with Crippen molar-refractivity contribution in [1.82, 2.24) is 5.32 Å². The predicted octanol–water partition coefficient (Wildman–Crippen LogP) is 2.75. The fraction of sp³-hybridized carbons (Fsp3) is 0.647. The lowest BCUT2D eigenvalue weighted by Gasteiger charge is -2.17. The van der Waals surface area contributed by atoms with Crippen molar-refractivity contribution in [2.45, 2.75) is 38.8 Å². The van der Waals surface area contributed by atoms with E-state index in [9.17, 15) is 0 Å². The third-order valence-corrected chi connectivity index (χ3v) is 4.30. The lowest BCUT2D eigenvalue weighted by atomic mass is 9.99. The summed E-state index contributed by atoms with van der Waals surface area (Å²) in [5, 5.41) is 3.55. The minimum atomic E-state index is 0.432. The smallest absolute Gasteiger partial charge is 0.161 e. The highest BCUT2D eigenvalue weighted by atomic mass is 16.5. The first kappa shape index (κ1) is 14.7. The summed E-state index contributed by atoms with van der Waals surface area (Å²) in [6, 6.07) is 6.23. The van der Waals surface area contributed by atoms with Crippen molar-refractivity contribution < 1.29 is 14.2 Å². The molecule has 4 nitrogen and oxygen atoms in total. The van der Waals surface area contributed by atoms with E-state index < -0.39 is 0 Å². The van der Waals surface area contributed by atoms with Crippen molar-refractivity contribution in [3.63, 3.8) is 0 Å². The van der Waals surface area contributed by atoms with Crippen LogP contribution in [0.5, 0.6) is 11.5 Å². The Hall–Kier alpha value is -1.26. The second-order valence-electron chi connectivity index (χ2n) is 5.83. The monoisotopic (exact) mass is 291 g/mol. The van der Waals surface area contributed by atoms with Crippen LogP contribution in [-0.2, 0) is 11.3 Å². The first-order chi connectivity index (χ1) is 10.4. The molecule has 2 heterocycles. The fourth-order valence-corrected chi connectivity index (χ4v) is 3.10. The number of fused-ring (bicyclic) bond motifs is 1. The van der Waals surface area contributed by atoms with Crippen molar-refractivity contribution >= 4 is 0 Å². The number of rotatable bonds is 5. The van der Waals surface area contributed by atoms with Gasteiger partial charge in [0.25, 0.3) is 0 Å². The lowest BCUT2D eigenvalue weighted by Crippen LogP contribution is -2.27. The normalized spacial score (nSPS) is 24.8. The number of nitrogens with one attached hydrogen (secondary N) is 1. The van der Waals surface area contributed by atoms with Gasteiger partial charge >= 0.3 is 0 Å². The Labute approximate surface area is 126 Å². The van der Waals surface area contributed by atoms with Gasteiger partial charge in [0, 0.05) is 26.1 Å². The molecule has 1 saturated heterocycles. The SMILES string of the molecule is CCC1OCCC1CNCc1ccc2c(c1)OCCCO2. The Kier molecular flexibility index (Phi) is 4.99. The van der Waals surface area contributed by atoms with E-state index in [1.54, 1.807) is 0 Å². The summed E-state index contributed by atoms with van der Waals surface area (Å²) in [4.78, 5) is 0. The molecule has 2 unspecified atom stereocenters. The first-order valence-corrected chi connectivity index (χ1v) is 8.07. The van der Waals surface area contributed by atoms with Gasteiger partial charge in [-0.3, -0.25) is 0 Å². The van der Waals surface area contributed by atoms with Crippen LogP contribution in [0.15, 0.2) is 18.2 Å². The Morgan fingerprint density at radius 2 is 2.00 bits per heavy atom. The zero-order valence-electron chi connectivity index (χ0n) is 12.8. The van der Waals surface area contributed by atoms with Gasteiger partial charge < -0.3 is 19.5 Å². The van der Waals surface area contributed by atoms with Gasteiger partial charge in [-0.25, -0.2) is 0 Å². The molecule has 21 heavy (non-hydrogen) atoms. The molecule has 116 valence electrons. The average molecular weight is 291 g/mol. The largest absolute Gasteiger partial charge is 0.490 e.